The van der Waals surface area contributed by atoms with Crippen molar-refractivity contribution < 1.29 is 4.39 Å². The Morgan fingerprint density at radius 1 is 1.43 bits per heavy atom. The van der Waals surface area contributed by atoms with Gasteiger partial charge in [-0.3, -0.25) is 0 Å². The molecular weight excluding hydrogens is 199 g/mol. The van der Waals surface area contributed by atoms with Gasteiger partial charge in [0.15, 0.2) is 5.11 Å². The number of hydrogen-bond acceptors (Lipinski definition) is 1. The maximum Gasteiger partial charge on any atom is 0.173 e. The smallest absolute Gasteiger partial charge is 0.173 e. The number of thiocarbonyl (C=S) groups is 1. The minimum atomic E-state index is -0.239. The second-order valence-electron chi connectivity index (χ2n) is 2.87. The number of nitrogens with one attached hydrogen (secondary N) is 1. The fraction of sp³-hybridized carbons (Fsp3) is 0.300. The van der Waals surface area contributed by atoms with Crippen LogP contribution in [-0.2, 0) is 0 Å². The fourth-order valence-corrected chi connectivity index (χ4v) is 1.30. The Morgan fingerprint density at radius 3 is 2.50 bits per heavy atom. The zero-order chi connectivity index (χ0) is 10.6. The summed E-state index contributed by atoms with van der Waals surface area (Å²) in [5.41, 5.74) is 0.873. The Hall–Kier alpha value is -1.16. The summed E-state index contributed by atoms with van der Waals surface area (Å²) in [5, 5.41) is 3.66. The molecule has 0 aliphatic rings. The highest BCUT2D eigenvalue weighted by Gasteiger charge is 2.04. The van der Waals surface area contributed by atoms with Crippen molar-refractivity contribution in [2.45, 2.75) is 6.92 Å². The van der Waals surface area contributed by atoms with Crippen molar-refractivity contribution in [2.75, 3.05) is 18.5 Å². The van der Waals surface area contributed by atoms with E-state index in [9.17, 15) is 4.39 Å². The molecule has 0 amide bonds. The summed E-state index contributed by atoms with van der Waals surface area (Å²) in [6, 6.07) is 6.22. The first kappa shape index (κ1) is 10.9. The molecule has 0 aliphatic carbocycles. The zero-order valence-corrected chi connectivity index (χ0v) is 9.07. The largest absolute Gasteiger partial charge is 0.363 e. The third-order valence-electron chi connectivity index (χ3n) is 1.85. The van der Waals surface area contributed by atoms with Crippen molar-refractivity contribution in [3.05, 3.63) is 30.1 Å². The molecule has 0 aromatic heterocycles. The molecule has 76 valence electrons. The van der Waals surface area contributed by atoms with Crippen LogP contribution in [-0.4, -0.2) is 18.7 Å². The van der Waals surface area contributed by atoms with E-state index in [1.54, 1.807) is 17.0 Å². The second kappa shape index (κ2) is 4.91. The third-order valence-corrected chi connectivity index (χ3v) is 2.26. The lowest BCUT2D eigenvalue weighted by atomic mass is 10.3. The lowest BCUT2D eigenvalue weighted by molar-refractivity contribution is 0.628. The van der Waals surface area contributed by atoms with Crippen LogP contribution in [0.4, 0.5) is 10.1 Å². The predicted octanol–water partition coefficient (Wildman–Crippen LogP) is 2.16. The molecule has 1 aromatic carbocycles. The Labute approximate surface area is 88.7 Å². The molecular formula is C10H13FN2S. The third kappa shape index (κ3) is 2.67. The van der Waals surface area contributed by atoms with Crippen LogP contribution in [0.3, 0.4) is 0 Å². The Balaban J connectivity index is 2.73. The topological polar surface area (TPSA) is 15.3 Å². The zero-order valence-electron chi connectivity index (χ0n) is 8.25. The SMILES string of the molecule is CCNC(=S)N(C)c1ccc(F)cc1. The van der Waals surface area contributed by atoms with Crippen LogP contribution in [0.5, 0.6) is 0 Å². The Kier molecular flexibility index (Phi) is 3.83. The van der Waals surface area contributed by atoms with Gasteiger partial charge in [-0.2, -0.15) is 0 Å². The summed E-state index contributed by atoms with van der Waals surface area (Å²) in [5.74, 6) is -0.239. The minimum absolute atomic E-state index is 0.239. The van der Waals surface area contributed by atoms with E-state index in [0.717, 1.165) is 12.2 Å². The average molecular weight is 212 g/mol. The van der Waals surface area contributed by atoms with E-state index < -0.39 is 0 Å². The van der Waals surface area contributed by atoms with E-state index in [1.807, 2.05) is 14.0 Å². The normalized spacial score (nSPS) is 9.64. The molecule has 0 spiro atoms. The number of halogens is 1. The van der Waals surface area contributed by atoms with Crippen LogP contribution in [0.2, 0.25) is 0 Å². The maximum absolute atomic E-state index is 12.6. The van der Waals surface area contributed by atoms with Crippen LogP contribution in [0.25, 0.3) is 0 Å². The summed E-state index contributed by atoms with van der Waals surface area (Å²) >= 11 is 5.11. The van der Waals surface area contributed by atoms with Gasteiger partial charge in [0.1, 0.15) is 5.82 Å². The van der Waals surface area contributed by atoms with Gasteiger partial charge in [-0.1, -0.05) is 0 Å². The number of benzene rings is 1. The van der Waals surface area contributed by atoms with Crippen LogP contribution >= 0.6 is 12.2 Å². The van der Waals surface area contributed by atoms with Crippen molar-refractivity contribution in [1.82, 2.24) is 5.32 Å². The van der Waals surface area contributed by atoms with E-state index in [0.29, 0.717) is 5.11 Å². The van der Waals surface area contributed by atoms with Crippen LogP contribution < -0.4 is 10.2 Å². The first-order valence-corrected chi connectivity index (χ1v) is 4.83. The first-order chi connectivity index (χ1) is 6.65. The molecule has 2 nitrogen and oxygen atoms in total. The van der Waals surface area contributed by atoms with Crippen molar-refractivity contribution in [2.24, 2.45) is 0 Å². The van der Waals surface area contributed by atoms with Gasteiger partial charge >= 0.3 is 0 Å². The van der Waals surface area contributed by atoms with E-state index in [1.165, 1.54) is 12.1 Å². The molecule has 0 atom stereocenters. The minimum Gasteiger partial charge on any atom is -0.363 e. The quantitative estimate of drug-likeness (QED) is 0.756. The summed E-state index contributed by atoms with van der Waals surface area (Å²) in [4.78, 5) is 1.80. The summed E-state index contributed by atoms with van der Waals surface area (Å²) in [6.45, 7) is 2.76. The van der Waals surface area contributed by atoms with Crippen molar-refractivity contribution >= 4 is 23.0 Å². The standard InChI is InChI=1S/C10H13FN2S/c1-3-12-10(14)13(2)9-6-4-8(11)5-7-9/h4-7H,3H2,1-2H3,(H,12,14). The molecule has 0 unspecified atom stereocenters. The van der Waals surface area contributed by atoms with Gasteiger partial charge in [0.25, 0.3) is 0 Å². The molecule has 1 aromatic rings. The van der Waals surface area contributed by atoms with E-state index in [-0.39, 0.29) is 5.82 Å². The molecule has 1 rings (SSSR count). The molecule has 0 bridgehead atoms. The first-order valence-electron chi connectivity index (χ1n) is 4.42. The molecule has 1 N–H and O–H groups in total. The lowest BCUT2D eigenvalue weighted by Crippen LogP contribution is -2.36. The monoisotopic (exact) mass is 212 g/mol. The van der Waals surface area contributed by atoms with Gasteiger partial charge in [-0.05, 0) is 43.4 Å². The molecule has 4 heteroatoms. The van der Waals surface area contributed by atoms with Crippen LogP contribution in [0.1, 0.15) is 6.92 Å². The predicted molar refractivity (Wildman–Crippen MR) is 61.1 cm³/mol. The van der Waals surface area contributed by atoms with Crippen molar-refractivity contribution in [1.29, 1.82) is 0 Å². The van der Waals surface area contributed by atoms with Crippen LogP contribution in [0.15, 0.2) is 24.3 Å². The molecule has 14 heavy (non-hydrogen) atoms. The van der Waals surface area contributed by atoms with Gasteiger partial charge in [-0.25, -0.2) is 4.39 Å². The van der Waals surface area contributed by atoms with Crippen LogP contribution in [0, 0.1) is 5.82 Å². The highest BCUT2D eigenvalue weighted by Crippen LogP contribution is 2.12. The van der Waals surface area contributed by atoms with Crippen molar-refractivity contribution in [3.63, 3.8) is 0 Å². The second-order valence-corrected chi connectivity index (χ2v) is 3.26. The van der Waals surface area contributed by atoms with Gasteiger partial charge in [0, 0.05) is 19.3 Å². The van der Waals surface area contributed by atoms with E-state index >= 15 is 0 Å². The number of rotatable bonds is 2. The van der Waals surface area contributed by atoms with Crippen molar-refractivity contribution in [3.8, 4) is 0 Å². The Bertz CT molecular complexity index is 310. The van der Waals surface area contributed by atoms with Gasteiger partial charge < -0.3 is 10.2 Å². The fourth-order valence-electron chi connectivity index (χ4n) is 1.05. The molecule has 0 saturated heterocycles. The average Bonchev–Trinajstić information content (AvgIpc) is 2.18. The maximum atomic E-state index is 12.6. The van der Waals surface area contributed by atoms with Gasteiger partial charge in [0.05, 0.1) is 0 Å². The molecule has 0 aliphatic heterocycles. The van der Waals surface area contributed by atoms with Gasteiger partial charge in [-0.15, -0.1) is 0 Å². The summed E-state index contributed by atoms with van der Waals surface area (Å²) in [6.07, 6.45) is 0. The summed E-state index contributed by atoms with van der Waals surface area (Å²) < 4.78 is 12.6. The van der Waals surface area contributed by atoms with Gasteiger partial charge in [0.2, 0.25) is 0 Å². The van der Waals surface area contributed by atoms with E-state index in [2.05, 4.69) is 5.32 Å². The number of anilines is 1. The molecule has 0 radical (unpaired) electrons. The molecule has 0 heterocycles. The highest BCUT2D eigenvalue weighted by molar-refractivity contribution is 7.80. The Morgan fingerprint density at radius 2 is 2.00 bits per heavy atom. The highest BCUT2D eigenvalue weighted by atomic mass is 32.1. The number of nitrogens with zero attached hydrogens (tertiary/aromatic N) is 1. The lowest BCUT2D eigenvalue weighted by Gasteiger charge is -2.20. The molecule has 0 fully saturated rings. The molecule has 0 saturated carbocycles. The van der Waals surface area contributed by atoms with E-state index in [4.69, 9.17) is 12.2 Å². The summed E-state index contributed by atoms with van der Waals surface area (Å²) in [7, 11) is 1.85. The number of hydrogen-bond donors (Lipinski definition) is 1.